The molecule has 0 atom stereocenters. The van der Waals surface area contributed by atoms with Crippen molar-refractivity contribution < 1.29 is 0 Å². The fourth-order valence-corrected chi connectivity index (χ4v) is 2.40. The molecule has 2 aromatic rings. The second-order valence-electron chi connectivity index (χ2n) is 4.99. The molecule has 1 radical (unpaired) electrons. The molecule has 3 heteroatoms. The summed E-state index contributed by atoms with van der Waals surface area (Å²) in [5.41, 5.74) is 3.52. The van der Waals surface area contributed by atoms with E-state index in [2.05, 4.69) is 46.1 Å². The van der Waals surface area contributed by atoms with E-state index in [4.69, 9.17) is 0 Å². The van der Waals surface area contributed by atoms with Crippen LogP contribution >= 0.6 is 0 Å². The summed E-state index contributed by atoms with van der Waals surface area (Å²) in [6.07, 6.45) is 3.69. The van der Waals surface area contributed by atoms with E-state index in [0.717, 1.165) is 37.3 Å². The Bertz CT molecular complexity index is 531. The predicted molar refractivity (Wildman–Crippen MR) is 78.2 cm³/mol. The molecule has 3 rings (SSSR count). The number of hydrogen-bond donors (Lipinski definition) is 0. The molecule has 1 fully saturated rings. The van der Waals surface area contributed by atoms with Crippen LogP contribution in [0, 0.1) is 6.07 Å². The fraction of sp³-hybridized carbons (Fsp3) is 0.312. The van der Waals surface area contributed by atoms with Crippen molar-refractivity contribution in [2.75, 3.05) is 38.1 Å². The van der Waals surface area contributed by atoms with Crippen molar-refractivity contribution in [3.05, 3.63) is 48.8 Å². The van der Waals surface area contributed by atoms with Crippen LogP contribution < -0.4 is 4.90 Å². The van der Waals surface area contributed by atoms with Crippen LogP contribution in [0.1, 0.15) is 0 Å². The minimum atomic E-state index is 1.09. The van der Waals surface area contributed by atoms with Crippen LogP contribution in [-0.2, 0) is 0 Å². The summed E-state index contributed by atoms with van der Waals surface area (Å²) in [7, 11) is 2.18. The maximum atomic E-state index is 4.17. The predicted octanol–water partition coefficient (Wildman–Crippen LogP) is 2.30. The molecule has 2 heterocycles. The van der Waals surface area contributed by atoms with Crippen LogP contribution in [0.3, 0.4) is 0 Å². The lowest BCUT2D eigenvalue weighted by Gasteiger charge is -2.34. The average molecular weight is 252 g/mol. The average Bonchev–Trinajstić information content (AvgIpc) is 2.49. The fourth-order valence-electron chi connectivity index (χ4n) is 2.40. The summed E-state index contributed by atoms with van der Waals surface area (Å²) < 4.78 is 0. The van der Waals surface area contributed by atoms with Gasteiger partial charge in [0, 0.05) is 49.8 Å². The third kappa shape index (κ3) is 2.76. The SMILES string of the molecule is CN1CCN(c2cc[c]c(-c3cccnc3)c2)CC1. The van der Waals surface area contributed by atoms with Gasteiger partial charge in [0.25, 0.3) is 0 Å². The Hall–Kier alpha value is -1.87. The molecule has 1 aliphatic rings. The van der Waals surface area contributed by atoms with E-state index < -0.39 is 0 Å². The zero-order chi connectivity index (χ0) is 13.1. The maximum absolute atomic E-state index is 4.17. The molecule has 0 amide bonds. The number of piperazine rings is 1. The lowest BCUT2D eigenvalue weighted by molar-refractivity contribution is 0.313. The van der Waals surface area contributed by atoms with Crippen molar-refractivity contribution in [3.8, 4) is 11.1 Å². The van der Waals surface area contributed by atoms with E-state index in [1.54, 1.807) is 6.20 Å². The van der Waals surface area contributed by atoms with Gasteiger partial charge in [-0.3, -0.25) is 4.98 Å². The van der Waals surface area contributed by atoms with Crippen LogP contribution in [0.2, 0.25) is 0 Å². The van der Waals surface area contributed by atoms with E-state index in [1.807, 2.05) is 18.3 Å². The quantitative estimate of drug-likeness (QED) is 0.817. The van der Waals surface area contributed by atoms with Gasteiger partial charge in [0.15, 0.2) is 0 Å². The van der Waals surface area contributed by atoms with Crippen molar-refractivity contribution in [1.29, 1.82) is 0 Å². The Morgan fingerprint density at radius 2 is 2.00 bits per heavy atom. The standard InChI is InChI=1S/C16H18N3/c1-18-8-10-19(11-9-18)16-6-2-4-14(12-16)15-5-3-7-17-13-15/h2-3,5-7,12-13H,8-11H2,1H3. The topological polar surface area (TPSA) is 19.4 Å². The van der Waals surface area contributed by atoms with Gasteiger partial charge in [-0.05, 0) is 36.9 Å². The van der Waals surface area contributed by atoms with E-state index >= 15 is 0 Å². The lowest BCUT2D eigenvalue weighted by atomic mass is 10.1. The number of likely N-dealkylation sites (N-methyl/N-ethyl adjacent to an activating group) is 1. The molecule has 19 heavy (non-hydrogen) atoms. The van der Waals surface area contributed by atoms with Crippen LogP contribution in [0.15, 0.2) is 42.7 Å². The van der Waals surface area contributed by atoms with Gasteiger partial charge in [-0.1, -0.05) is 12.1 Å². The molecule has 1 saturated heterocycles. The van der Waals surface area contributed by atoms with E-state index in [9.17, 15) is 0 Å². The van der Waals surface area contributed by atoms with Gasteiger partial charge in [0.05, 0.1) is 0 Å². The summed E-state index contributed by atoms with van der Waals surface area (Å²) in [5.74, 6) is 0. The third-order valence-electron chi connectivity index (χ3n) is 3.63. The highest BCUT2D eigenvalue weighted by molar-refractivity contribution is 5.67. The Labute approximate surface area is 114 Å². The van der Waals surface area contributed by atoms with Crippen LogP contribution in [0.25, 0.3) is 11.1 Å². The van der Waals surface area contributed by atoms with Crippen molar-refractivity contribution >= 4 is 5.69 Å². The zero-order valence-corrected chi connectivity index (χ0v) is 11.2. The van der Waals surface area contributed by atoms with Gasteiger partial charge in [-0.15, -0.1) is 0 Å². The normalized spacial score (nSPS) is 16.6. The number of anilines is 1. The molecule has 0 saturated carbocycles. The van der Waals surface area contributed by atoms with Crippen LogP contribution in [0.4, 0.5) is 5.69 Å². The molecule has 0 N–H and O–H groups in total. The first-order chi connectivity index (χ1) is 9.33. The second kappa shape index (κ2) is 5.41. The highest BCUT2D eigenvalue weighted by atomic mass is 15.2. The summed E-state index contributed by atoms with van der Waals surface area (Å²) in [6, 6.07) is 13.7. The molecule has 1 aromatic heterocycles. The Kier molecular flexibility index (Phi) is 3.47. The van der Waals surface area contributed by atoms with Crippen LogP contribution in [-0.4, -0.2) is 43.1 Å². The molecule has 1 aromatic carbocycles. The number of aromatic nitrogens is 1. The molecule has 0 bridgehead atoms. The van der Waals surface area contributed by atoms with Gasteiger partial charge < -0.3 is 9.80 Å². The van der Waals surface area contributed by atoms with E-state index in [0.29, 0.717) is 0 Å². The zero-order valence-electron chi connectivity index (χ0n) is 11.2. The minimum Gasteiger partial charge on any atom is -0.369 e. The van der Waals surface area contributed by atoms with Gasteiger partial charge >= 0.3 is 0 Å². The molecular weight excluding hydrogens is 234 g/mol. The highest BCUT2D eigenvalue weighted by Gasteiger charge is 2.14. The number of benzene rings is 1. The molecule has 97 valence electrons. The van der Waals surface area contributed by atoms with Crippen LogP contribution in [0.5, 0.6) is 0 Å². The molecule has 1 aliphatic heterocycles. The highest BCUT2D eigenvalue weighted by Crippen LogP contribution is 2.24. The largest absolute Gasteiger partial charge is 0.369 e. The number of rotatable bonds is 2. The minimum absolute atomic E-state index is 1.09. The van der Waals surface area contributed by atoms with Gasteiger partial charge in [-0.25, -0.2) is 0 Å². The number of hydrogen-bond acceptors (Lipinski definition) is 3. The molecule has 0 unspecified atom stereocenters. The first-order valence-electron chi connectivity index (χ1n) is 6.68. The smallest absolute Gasteiger partial charge is 0.0373 e. The third-order valence-corrected chi connectivity index (χ3v) is 3.63. The second-order valence-corrected chi connectivity index (χ2v) is 4.99. The van der Waals surface area contributed by atoms with Gasteiger partial charge in [0.2, 0.25) is 0 Å². The number of nitrogens with zero attached hydrogens (tertiary/aromatic N) is 3. The Morgan fingerprint density at radius 1 is 1.16 bits per heavy atom. The van der Waals surface area contributed by atoms with E-state index in [1.165, 1.54) is 5.69 Å². The summed E-state index contributed by atoms with van der Waals surface area (Å²) in [5, 5.41) is 0. The molecule has 3 nitrogen and oxygen atoms in total. The first-order valence-corrected chi connectivity index (χ1v) is 6.68. The summed E-state index contributed by atoms with van der Waals surface area (Å²) in [6.45, 7) is 4.43. The van der Waals surface area contributed by atoms with E-state index in [-0.39, 0.29) is 0 Å². The van der Waals surface area contributed by atoms with Crippen molar-refractivity contribution in [1.82, 2.24) is 9.88 Å². The monoisotopic (exact) mass is 252 g/mol. The first kappa shape index (κ1) is 12.2. The Balaban J connectivity index is 1.84. The number of pyridine rings is 1. The van der Waals surface area contributed by atoms with Gasteiger partial charge in [0.1, 0.15) is 0 Å². The van der Waals surface area contributed by atoms with Crippen molar-refractivity contribution in [3.63, 3.8) is 0 Å². The van der Waals surface area contributed by atoms with Crippen molar-refractivity contribution in [2.24, 2.45) is 0 Å². The summed E-state index contributed by atoms with van der Waals surface area (Å²) in [4.78, 5) is 8.98. The van der Waals surface area contributed by atoms with Crippen molar-refractivity contribution in [2.45, 2.75) is 0 Å². The molecule has 0 spiro atoms. The molecule has 0 aliphatic carbocycles. The summed E-state index contributed by atoms with van der Waals surface area (Å²) >= 11 is 0. The van der Waals surface area contributed by atoms with Gasteiger partial charge in [-0.2, -0.15) is 0 Å². The molecular formula is C16H18N3. The Morgan fingerprint density at radius 3 is 2.74 bits per heavy atom. The maximum Gasteiger partial charge on any atom is 0.0373 e. The lowest BCUT2D eigenvalue weighted by Crippen LogP contribution is -2.44.